The van der Waals surface area contributed by atoms with E-state index in [0.717, 1.165) is 17.7 Å². The molecule has 1 aromatic heterocycles. The summed E-state index contributed by atoms with van der Waals surface area (Å²) in [6, 6.07) is 12.5. The molecule has 1 saturated carbocycles. The fraction of sp³-hybridized carbons (Fsp3) is 0.370. The van der Waals surface area contributed by atoms with Gasteiger partial charge >= 0.3 is 0 Å². The van der Waals surface area contributed by atoms with Gasteiger partial charge in [-0.3, -0.25) is 9.59 Å². The van der Waals surface area contributed by atoms with E-state index < -0.39 is 0 Å². The molecule has 8 heteroatoms. The average Bonchev–Trinajstić information content (AvgIpc) is 3.31. The van der Waals surface area contributed by atoms with Gasteiger partial charge in [-0.1, -0.05) is 37.5 Å². The fourth-order valence-corrected chi connectivity index (χ4v) is 5.43. The van der Waals surface area contributed by atoms with E-state index in [9.17, 15) is 14.0 Å². The number of rotatable bonds is 8. The minimum atomic E-state index is -0.380. The molecule has 1 aliphatic rings. The lowest BCUT2D eigenvalue weighted by Gasteiger charge is -2.31. The van der Waals surface area contributed by atoms with Crippen LogP contribution in [-0.4, -0.2) is 45.1 Å². The molecule has 0 aliphatic heterocycles. The van der Waals surface area contributed by atoms with E-state index in [1.807, 2.05) is 31.0 Å². The third-order valence-electron chi connectivity index (χ3n) is 6.55. The van der Waals surface area contributed by atoms with Gasteiger partial charge in [-0.05, 0) is 49.6 Å². The number of imidazole rings is 1. The average molecular weight is 495 g/mol. The standard InChI is InChI=1S/C27H31FN4O2S/c1-19-29-14-15-32(19)24-13-12-20(16-23(24)28)17-30-27(34)22-10-6-7-11-25(22)35-18-26(33)31(2)21-8-4-3-5-9-21/h6-7,10-16,21H,3-5,8-9,17-18H2,1-2H3,(H,30,34). The fourth-order valence-electron chi connectivity index (χ4n) is 4.46. The number of thioether (sulfide) groups is 1. The molecule has 2 aromatic carbocycles. The number of aryl methyl sites for hydroxylation is 1. The van der Waals surface area contributed by atoms with Crippen molar-refractivity contribution < 1.29 is 14.0 Å². The minimum absolute atomic E-state index is 0.0841. The number of nitrogens with zero attached hydrogens (tertiary/aromatic N) is 3. The molecule has 1 aliphatic carbocycles. The predicted molar refractivity (Wildman–Crippen MR) is 136 cm³/mol. The summed E-state index contributed by atoms with van der Waals surface area (Å²) in [7, 11) is 1.88. The maximum Gasteiger partial charge on any atom is 0.252 e. The lowest BCUT2D eigenvalue weighted by Crippen LogP contribution is -2.39. The first-order valence-electron chi connectivity index (χ1n) is 12.0. The van der Waals surface area contributed by atoms with Crippen molar-refractivity contribution in [1.82, 2.24) is 19.8 Å². The number of halogens is 1. The summed E-state index contributed by atoms with van der Waals surface area (Å²) in [5, 5.41) is 2.88. The number of aromatic nitrogens is 2. The number of hydrogen-bond acceptors (Lipinski definition) is 4. The highest BCUT2D eigenvalue weighted by molar-refractivity contribution is 8.00. The lowest BCUT2D eigenvalue weighted by molar-refractivity contribution is -0.129. The van der Waals surface area contributed by atoms with Gasteiger partial charge in [-0.25, -0.2) is 9.37 Å². The van der Waals surface area contributed by atoms with E-state index in [1.165, 1.54) is 37.1 Å². The molecule has 35 heavy (non-hydrogen) atoms. The molecule has 0 unspecified atom stereocenters. The van der Waals surface area contributed by atoms with Crippen molar-refractivity contribution in [1.29, 1.82) is 0 Å². The second kappa shape index (κ2) is 11.5. The molecule has 0 radical (unpaired) electrons. The van der Waals surface area contributed by atoms with E-state index in [2.05, 4.69) is 10.3 Å². The second-order valence-corrected chi connectivity index (χ2v) is 9.91. The summed E-state index contributed by atoms with van der Waals surface area (Å²) in [6.45, 7) is 2.01. The zero-order valence-corrected chi connectivity index (χ0v) is 21.0. The number of benzene rings is 2. The summed E-state index contributed by atoms with van der Waals surface area (Å²) < 4.78 is 16.4. The Kier molecular flexibility index (Phi) is 8.23. The van der Waals surface area contributed by atoms with Gasteiger partial charge in [-0.2, -0.15) is 0 Å². The Labute approximate surface area is 209 Å². The minimum Gasteiger partial charge on any atom is -0.348 e. The van der Waals surface area contributed by atoms with Crippen LogP contribution in [0.1, 0.15) is 53.8 Å². The molecule has 0 saturated heterocycles. The summed E-state index contributed by atoms with van der Waals surface area (Å²) in [4.78, 5) is 32.4. The van der Waals surface area contributed by atoms with Crippen LogP contribution in [0.15, 0.2) is 59.8 Å². The monoisotopic (exact) mass is 494 g/mol. The van der Waals surface area contributed by atoms with Gasteiger partial charge in [0.1, 0.15) is 11.6 Å². The largest absolute Gasteiger partial charge is 0.348 e. The molecule has 4 rings (SSSR count). The molecule has 3 aromatic rings. The van der Waals surface area contributed by atoms with Crippen molar-refractivity contribution in [2.75, 3.05) is 12.8 Å². The summed E-state index contributed by atoms with van der Waals surface area (Å²) in [5.41, 5.74) is 1.59. The van der Waals surface area contributed by atoms with E-state index in [1.54, 1.807) is 41.2 Å². The highest BCUT2D eigenvalue weighted by atomic mass is 32.2. The number of nitrogens with one attached hydrogen (secondary N) is 1. The zero-order valence-electron chi connectivity index (χ0n) is 20.2. The van der Waals surface area contributed by atoms with Gasteiger partial charge in [0, 0.05) is 36.9 Å². The van der Waals surface area contributed by atoms with Crippen LogP contribution in [0.2, 0.25) is 0 Å². The first kappa shape index (κ1) is 25.0. The molecular formula is C27H31FN4O2S. The molecule has 1 heterocycles. The van der Waals surface area contributed by atoms with Crippen molar-refractivity contribution >= 4 is 23.6 Å². The van der Waals surface area contributed by atoms with Crippen LogP contribution in [0, 0.1) is 12.7 Å². The van der Waals surface area contributed by atoms with Crippen molar-refractivity contribution in [2.24, 2.45) is 0 Å². The van der Waals surface area contributed by atoms with Gasteiger partial charge in [0.15, 0.2) is 0 Å². The Bertz CT molecular complexity index is 1190. The van der Waals surface area contributed by atoms with Crippen LogP contribution in [-0.2, 0) is 11.3 Å². The van der Waals surface area contributed by atoms with Crippen molar-refractivity contribution in [3.8, 4) is 5.69 Å². The Morgan fingerprint density at radius 1 is 1.17 bits per heavy atom. The smallest absolute Gasteiger partial charge is 0.252 e. The third-order valence-corrected chi connectivity index (χ3v) is 7.61. The van der Waals surface area contributed by atoms with Gasteiger partial charge in [0.25, 0.3) is 5.91 Å². The van der Waals surface area contributed by atoms with Gasteiger partial charge < -0.3 is 14.8 Å². The molecule has 0 bridgehead atoms. The molecule has 2 amide bonds. The SMILES string of the molecule is Cc1nccn1-c1ccc(CNC(=O)c2ccccc2SCC(=O)N(C)C2CCCCC2)cc1F. The maximum atomic E-state index is 14.7. The van der Waals surface area contributed by atoms with Gasteiger partial charge in [0.2, 0.25) is 5.91 Å². The van der Waals surface area contributed by atoms with E-state index in [0.29, 0.717) is 28.7 Å². The second-order valence-electron chi connectivity index (χ2n) is 8.89. The highest BCUT2D eigenvalue weighted by Gasteiger charge is 2.22. The number of amides is 2. The normalized spacial score (nSPS) is 14.0. The molecule has 1 fully saturated rings. The van der Waals surface area contributed by atoms with Crippen LogP contribution in [0.25, 0.3) is 5.69 Å². The Morgan fingerprint density at radius 3 is 2.66 bits per heavy atom. The summed E-state index contributed by atoms with van der Waals surface area (Å²) in [6.07, 6.45) is 9.06. The number of hydrogen-bond donors (Lipinski definition) is 1. The van der Waals surface area contributed by atoms with Crippen LogP contribution in [0.4, 0.5) is 4.39 Å². The molecular weight excluding hydrogens is 463 g/mol. The lowest BCUT2D eigenvalue weighted by atomic mass is 9.94. The number of carbonyl (C=O) groups is 2. The Morgan fingerprint density at radius 2 is 1.94 bits per heavy atom. The first-order valence-corrected chi connectivity index (χ1v) is 13.0. The van der Waals surface area contributed by atoms with Crippen LogP contribution in [0.3, 0.4) is 0 Å². The third kappa shape index (κ3) is 6.11. The van der Waals surface area contributed by atoms with E-state index >= 15 is 0 Å². The molecule has 1 N–H and O–H groups in total. The van der Waals surface area contributed by atoms with Gasteiger partial charge in [-0.15, -0.1) is 11.8 Å². The predicted octanol–water partition coefficient (Wildman–Crippen LogP) is 5.13. The zero-order chi connectivity index (χ0) is 24.8. The Balaban J connectivity index is 1.36. The topological polar surface area (TPSA) is 67.2 Å². The van der Waals surface area contributed by atoms with Crippen LogP contribution in [0.5, 0.6) is 0 Å². The number of carbonyl (C=O) groups excluding carboxylic acids is 2. The summed E-state index contributed by atoms with van der Waals surface area (Å²) in [5.74, 6) is 0.436. The van der Waals surface area contributed by atoms with Crippen LogP contribution < -0.4 is 5.32 Å². The molecule has 0 spiro atoms. The van der Waals surface area contributed by atoms with Crippen molar-refractivity contribution in [3.63, 3.8) is 0 Å². The molecule has 0 atom stereocenters. The van der Waals surface area contributed by atoms with Crippen molar-refractivity contribution in [3.05, 3.63) is 77.6 Å². The Hall–Kier alpha value is -3.13. The van der Waals surface area contributed by atoms with E-state index in [4.69, 9.17) is 0 Å². The first-order chi connectivity index (χ1) is 16.9. The van der Waals surface area contributed by atoms with Crippen molar-refractivity contribution in [2.45, 2.75) is 56.5 Å². The van der Waals surface area contributed by atoms with Crippen LogP contribution >= 0.6 is 11.8 Å². The quantitative estimate of drug-likeness (QED) is 0.441. The summed E-state index contributed by atoms with van der Waals surface area (Å²) >= 11 is 1.38. The molecule has 184 valence electrons. The van der Waals surface area contributed by atoms with E-state index in [-0.39, 0.29) is 29.9 Å². The van der Waals surface area contributed by atoms with Gasteiger partial charge in [0.05, 0.1) is 17.0 Å². The molecule has 6 nitrogen and oxygen atoms in total. The highest BCUT2D eigenvalue weighted by Crippen LogP contribution is 2.26. The maximum absolute atomic E-state index is 14.7.